The smallest absolute Gasteiger partial charge is 0.194 e. The molecule has 1 aliphatic heterocycles. The monoisotopic (exact) mass is 427 g/mol. The Labute approximate surface area is 182 Å². The zero-order valence-electron chi connectivity index (χ0n) is 17.8. The van der Waals surface area contributed by atoms with Crippen molar-refractivity contribution in [2.75, 3.05) is 26.3 Å². The Morgan fingerprint density at radius 1 is 0.967 bits per heavy atom. The zero-order chi connectivity index (χ0) is 21.8. The predicted octanol–water partition coefficient (Wildman–Crippen LogP) is 3.84. The molecule has 30 heavy (non-hydrogen) atoms. The highest BCUT2D eigenvalue weighted by Gasteiger charge is 2.41. The molecule has 1 unspecified atom stereocenters. The van der Waals surface area contributed by atoms with E-state index in [1.807, 2.05) is 56.3 Å². The first-order valence-corrected chi connectivity index (χ1v) is 11.0. The summed E-state index contributed by atoms with van der Waals surface area (Å²) in [5, 5.41) is 10.9. The van der Waals surface area contributed by atoms with E-state index in [9.17, 15) is 14.7 Å². The number of hydrogen-bond acceptors (Lipinski definition) is 6. The number of carbonyl (C=O) groups excluding carboxylic acids is 2. The lowest BCUT2D eigenvalue weighted by atomic mass is 9.83. The summed E-state index contributed by atoms with van der Waals surface area (Å²) in [4.78, 5) is 30.1. The van der Waals surface area contributed by atoms with Crippen LogP contribution in [0.4, 0.5) is 0 Å². The average Bonchev–Trinajstić information content (AvgIpc) is 2.75. The average molecular weight is 428 g/mol. The van der Waals surface area contributed by atoms with Gasteiger partial charge in [-0.3, -0.25) is 14.5 Å². The number of ketones is 2. The van der Waals surface area contributed by atoms with Crippen LogP contribution in [-0.2, 0) is 9.53 Å². The maximum atomic E-state index is 13.0. The van der Waals surface area contributed by atoms with Crippen LogP contribution < -0.4 is 0 Å². The summed E-state index contributed by atoms with van der Waals surface area (Å²) >= 11 is 1.60. The molecule has 1 saturated heterocycles. The number of carbonyl (C=O) groups is 2. The van der Waals surface area contributed by atoms with E-state index in [1.54, 1.807) is 23.9 Å². The second kappa shape index (κ2) is 9.43. The molecule has 5 nitrogen and oxygen atoms in total. The Kier molecular flexibility index (Phi) is 7.14. The van der Waals surface area contributed by atoms with Gasteiger partial charge in [0.05, 0.1) is 18.8 Å². The summed E-state index contributed by atoms with van der Waals surface area (Å²) in [6.07, 6.45) is -0.225. The summed E-state index contributed by atoms with van der Waals surface area (Å²) in [5.41, 5.74) is -2.12. The van der Waals surface area contributed by atoms with Crippen molar-refractivity contribution in [3.05, 3.63) is 60.2 Å². The van der Waals surface area contributed by atoms with Gasteiger partial charge < -0.3 is 9.84 Å². The summed E-state index contributed by atoms with van der Waals surface area (Å²) in [6.45, 7) is 7.60. The number of ether oxygens (including phenoxy) is 1. The van der Waals surface area contributed by atoms with E-state index in [0.717, 1.165) is 9.79 Å². The third-order valence-corrected chi connectivity index (χ3v) is 6.59. The molecule has 1 fully saturated rings. The van der Waals surface area contributed by atoms with E-state index in [1.165, 1.54) is 6.92 Å². The highest BCUT2D eigenvalue weighted by molar-refractivity contribution is 7.99. The maximum Gasteiger partial charge on any atom is 0.194 e. The minimum atomic E-state index is -1.76. The Morgan fingerprint density at radius 3 is 2.13 bits per heavy atom. The third-order valence-electron chi connectivity index (χ3n) is 5.57. The lowest BCUT2D eigenvalue weighted by Crippen LogP contribution is -2.56. The number of rotatable bonds is 8. The van der Waals surface area contributed by atoms with Gasteiger partial charge in [0, 0.05) is 34.9 Å². The van der Waals surface area contributed by atoms with E-state index >= 15 is 0 Å². The van der Waals surface area contributed by atoms with Crippen LogP contribution in [-0.4, -0.2) is 59.0 Å². The fourth-order valence-electron chi connectivity index (χ4n) is 3.52. The van der Waals surface area contributed by atoms with Gasteiger partial charge in [0.1, 0.15) is 5.60 Å². The van der Waals surface area contributed by atoms with E-state index in [4.69, 9.17) is 4.74 Å². The van der Waals surface area contributed by atoms with E-state index in [0.29, 0.717) is 31.9 Å². The largest absolute Gasteiger partial charge is 0.382 e. The first-order chi connectivity index (χ1) is 14.2. The molecule has 1 heterocycles. The highest BCUT2D eigenvalue weighted by Crippen LogP contribution is 2.29. The molecule has 0 saturated carbocycles. The van der Waals surface area contributed by atoms with Gasteiger partial charge in [-0.1, -0.05) is 42.1 Å². The molecule has 1 atom stereocenters. The first kappa shape index (κ1) is 22.7. The normalized spacial score (nSPS) is 17.3. The van der Waals surface area contributed by atoms with Crippen molar-refractivity contribution in [2.45, 2.75) is 48.1 Å². The van der Waals surface area contributed by atoms with Gasteiger partial charge in [-0.15, -0.1) is 0 Å². The van der Waals surface area contributed by atoms with Crippen molar-refractivity contribution in [1.82, 2.24) is 4.90 Å². The molecular formula is C24H29NO4S. The van der Waals surface area contributed by atoms with Crippen LogP contribution >= 0.6 is 11.8 Å². The molecular weight excluding hydrogens is 398 g/mol. The van der Waals surface area contributed by atoms with Gasteiger partial charge in [0.15, 0.2) is 11.6 Å². The molecule has 0 bridgehead atoms. The number of hydrogen-bond donors (Lipinski definition) is 1. The molecule has 160 valence electrons. The van der Waals surface area contributed by atoms with Crippen LogP contribution in [0, 0.1) is 0 Å². The molecule has 2 aromatic carbocycles. The Morgan fingerprint density at radius 2 is 1.53 bits per heavy atom. The van der Waals surface area contributed by atoms with Gasteiger partial charge in [-0.25, -0.2) is 0 Å². The molecule has 0 spiro atoms. The fourth-order valence-corrected chi connectivity index (χ4v) is 4.36. The Hall–Kier alpha value is -1.99. The van der Waals surface area contributed by atoms with Crippen molar-refractivity contribution in [3.8, 4) is 0 Å². The Bertz CT molecular complexity index is 872. The Balaban J connectivity index is 1.66. The van der Waals surface area contributed by atoms with Crippen molar-refractivity contribution >= 4 is 23.3 Å². The van der Waals surface area contributed by atoms with Crippen molar-refractivity contribution in [1.29, 1.82) is 0 Å². The summed E-state index contributed by atoms with van der Waals surface area (Å²) in [6, 6.07) is 17.1. The van der Waals surface area contributed by atoms with Crippen LogP contribution in [0.3, 0.4) is 0 Å². The SMILES string of the molecule is CC(O)(CC(=O)C(C)(C)N1CCOCC1)C(=O)c1ccc(Sc2ccccc2)cc1. The highest BCUT2D eigenvalue weighted by atomic mass is 32.2. The number of morpholine rings is 1. The van der Waals surface area contributed by atoms with Crippen LogP contribution in [0.15, 0.2) is 64.4 Å². The zero-order valence-corrected chi connectivity index (χ0v) is 18.6. The number of nitrogens with zero attached hydrogens (tertiary/aromatic N) is 1. The lowest BCUT2D eigenvalue weighted by Gasteiger charge is -2.40. The van der Waals surface area contributed by atoms with Gasteiger partial charge in [0.25, 0.3) is 0 Å². The van der Waals surface area contributed by atoms with Gasteiger partial charge >= 0.3 is 0 Å². The van der Waals surface area contributed by atoms with E-state index in [-0.39, 0.29) is 12.2 Å². The molecule has 1 aliphatic rings. The van der Waals surface area contributed by atoms with Crippen LogP contribution in [0.2, 0.25) is 0 Å². The predicted molar refractivity (Wildman–Crippen MR) is 118 cm³/mol. The first-order valence-electron chi connectivity index (χ1n) is 10.2. The van der Waals surface area contributed by atoms with E-state index < -0.39 is 16.9 Å². The van der Waals surface area contributed by atoms with Gasteiger partial charge in [-0.2, -0.15) is 0 Å². The molecule has 0 aromatic heterocycles. The standard InChI is InChI=1S/C24H29NO4S/c1-23(2,25-13-15-29-16-14-25)21(26)17-24(3,28)22(27)18-9-11-20(12-10-18)30-19-7-5-4-6-8-19/h4-12,28H,13-17H2,1-3H3. The molecule has 3 rings (SSSR count). The van der Waals surface area contributed by atoms with Crippen LogP contribution in [0.5, 0.6) is 0 Å². The third kappa shape index (κ3) is 5.38. The van der Waals surface area contributed by atoms with Crippen LogP contribution in [0.1, 0.15) is 37.6 Å². The summed E-state index contributed by atoms with van der Waals surface area (Å²) in [7, 11) is 0. The number of Topliss-reactive ketones (excluding diaryl/α,β-unsaturated/α-hetero) is 2. The minimum absolute atomic E-state index is 0.154. The quantitative estimate of drug-likeness (QED) is 0.646. The molecule has 0 amide bonds. The summed E-state index contributed by atoms with van der Waals surface area (Å²) in [5.74, 6) is -0.594. The van der Waals surface area contributed by atoms with Gasteiger partial charge in [-0.05, 0) is 45.0 Å². The van der Waals surface area contributed by atoms with Crippen molar-refractivity contribution in [2.24, 2.45) is 0 Å². The van der Waals surface area contributed by atoms with Crippen molar-refractivity contribution in [3.63, 3.8) is 0 Å². The number of aliphatic hydroxyl groups is 1. The molecule has 6 heteroatoms. The fraction of sp³-hybridized carbons (Fsp3) is 0.417. The van der Waals surface area contributed by atoms with Crippen molar-refractivity contribution < 1.29 is 19.4 Å². The van der Waals surface area contributed by atoms with Crippen LogP contribution in [0.25, 0.3) is 0 Å². The minimum Gasteiger partial charge on any atom is -0.382 e. The molecule has 1 N–H and O–H groups in total. The maximum absolute atomic E-state index is 13.0. The topological polar surface area (TPSA) is 66.8 Å². The second-order valence-electron chi connectivity index (χ2n) is 8.30. The van der Waals surface area contributed by atoms with Gasteiger partial charge in [0.2, 0.25) is 0 Å². The molecule has 2 aromatic rings. The summed E-state index contributed by atoms with van der Waals surface area (Å²) < 4.78 is 5.36. The number of benzene rings is 2. The van der Waals surface area contributed by atoms with E-state index in [2.05, 4.69) is 4.90 Å². The molecule has 0 aliphatic carbocycles. The second-order valence-corrected chi connectivity index (χ2v) is 9.45. The lowest BCUT2D eigenvalue weighted by molar-refractivity contribution is -0.135. The molecule has 0 radical (unpaired) electrons.